The number of aromatic nitrogens is 2. The van der Waals surface area contributed by atoms with Crippen LogP contribution in [-0.4, -0.2) is 9.78 Å². The number of aryl methyl sites for hydroxylation is 2. The lowest BCUT2D eigenvalue weighted by atomic mass is 10.0. The number of anilines is 1. The fraction of sp³-hybridized carbons (Fsp3) is 0.400. The van der Waals surface area contributed by atoms with E-state index in [1.165, 1.54) is 12.8 Å². The summed E-state index contributed by atoms with van der Waals surface area (Å²) in [4.78, 5) is 0. The number of nitrogen functional groups attached to an aromatic ring is 1. The first-order valence-corrected chi connectivity index (χ1v) is 7.50. The zero-order chi connectivity index (χ0) is 13.8. The van der Waals surface area contributed by atoms with Crippen LogP contribution in [0.25, 0.3) is 11.1 Å². The number of halogens is 1. The quantitative estimate of drug-likeness (QED) is 0.840. The summed E-state index contributed by atoms with van der Waals surface area (Å²) in [6.07, 6.45) is 4.60. The van der Waals surface area contributed by atoms with Gasteiger partial charge in [0.1, 0.15) is 5.82 Å². The van der Waals surface area contributed by atoms with Gasteiger partial charge in [-0.15, -0.1) is 0 Å². The van der Waals surface area contributed by atoms with Gasteiger partial charge in [-0.2, -0.15) is 5.10 Å². The maximum absolute atomic E-state index is 6.17. The van der Waals surface area contributed by atoms with Gasteiger partial charge < -0.3 is 5.73 Å². The first kappa shape index (κ1) is 14.1. The molecule has 3 nitrogen and oxygen atoms in total. The van der Waals surface area contributed by atoms with E-state index in [2.05, 4.69) is 40.1 Å². The summed E-state index contributed by atoms with van der Waals surface area (Å²) in [6.45, 7) is 2.21. The van der Waals surface area contributed by atoms with Crippen molar-refractivity contribution in [3.63, 3.8) is 0 Å². The minimum absolute atomic E-state index is 0.744. The van der Waals surface area contributed by atoms with Crippen molar-refractivity contribution in [1.29, 1.82) is 0 Å². The van der Waals surface area contributed by atoms with Crippen molar-refractivity contribution in [3.05, 3.63) is 34.4 Å². The number of unbranched alkanes of at least 4 members (excludes halogenated alkanes) is 2. The van der Waals surface area contributed by atoms with Crippen molar-refractivity contribution in [2.45, 2.75) is 32.6 Å². The average Bonchev–Trinajstić information content (AvgIpc) is 2.67. The van der Waals surface area contributed by atoms with Crippen molar-refractivity contribution in [3.8, 4) is 11.1 Å². The highest BCUT2D eigenvalue weighted by Gasteiger charge is 2.15. The Labute approximate surface area is 122 Å². The van der Waals surface area contributed by atoms with Crippen LogP contribution in [0, 0.1) is 0 Å². The fourth-order valence-electron chi connectivity index (χ4n) is 2.24. The Balaban J connectivity index is 2.34. The highest BCUT2D eigenvalue weighted by atomic mass is 79.9. The molecule has 0 saturated carbocycles. The van der Waals surface area contributed by atoms with E-state index in [1.807, 2.05) is 19.2 Å². The van der Waals surface area contributed by atoms with Crippen molar-refractivity contribution < 1.29 is 0 Å². The Morgan fingerprint density at radius 2 is 1.89 bits per heavy atom. The predicted octanol–water partition coefficient (Wildman–Crippen LogP) is 4.16. The van der Waals surface area contributed by atoms with Gasteiger partial charge >= 0.3 is 0 Å². The average molecular weight is 322 g/mol. The Bertz CT molecular complexity index is 543. The van der Waals surface area contributed by atoms with Crippen molar-refractivity contribution in [2.75, 3.05) is 5.73 Å². The molecule has 0 amide bonds. The highest BCUT2D eigenvalue weighted by Crippen LogP contribution is 2.31. The van der Waals surface area contributed by atoms with Crippen LogP contribution in [0.4, 0.5) is 5.82 Å². The molecular formula is C15H20BrN3. The lowest BCUT2D eigenvalue weighted by Gasteiger charge is -2.04. The van der Waals surface area contributed by atoms with Crippen molar-refractivity contribution >= 4 is 21.7 Å². The van der Waals surface area contributed by atoms with Gasteiger partial charge in [0.05, 0.1) is 5.69 Å². The second kappa shape index (κ2) is 6.24. The molecule has 0 aliphatic heterocycles. The minimum atomic E-state index is 0.744. The topological polar surface area (TPSA) is 43.8 Å². The van der Waals surface area contributed by atoms with Gasteiger partial charge in [-0.05, 0) is 30.5 Å². The summed E-state index contributed by atoms with van der Waals surface area (Å²) in [5.74, 6) is 0.744. The molecule has 0 atom stereocenters. The Hall–Kier alpha value is -1.29. The third-order valence-electron chi connectivity index (χ3n) is 3.31. The van der Waals surface area contributed by atoms with E-state index >= 15 is 0 Å². The number of rotatable bonds is 5. The van der Waals surface area contributed by atoms with E-state index in [0.29, 0.717) is 0 Å². The SMILES string of the molecule is CCCCCc1nn(C)c(N)c1-c1ccc(Br)cc1. The second-order valence-corrected chi connectivity index (χ2v) is 5.71. The van der Waals surface area contributed by atoms with Crippen LogP contribution in [0.15, 0.2) is 28.7 Å². The molecule has 19 heavy (non-hydrogen) atoms. The van der Waals surface area contributed by atoms with E-state index in [4.69, 9.17) is 5.73 Å². The lowest BCUT2D eigenvalue weighted by Crippen LogP contribution is -1.98. The second-order valence-electron chi connectivity index (χ2n) is 4.79. The van der Waals surface area contributed by atoms with Crippen molar-refractivity contribution in [2.24, 2.45) is 7.05 Å². The van der Waals surface area contributed by atoms with Gasteiger partial charge in [0.25, 0.3) is 0 Å². The predicted molar refractivity (Wildman–Crippen MR) is 84.0 cm³/mol. The molecule has 0 bridgehead atoms. The largest absolute Gasteiger partial charge is 0.383 e. The first-order valence-electron chi connectivity index (χ1n) is 6.70. The number of nitrogens with two attached hydrogens (primary N) is 1. The van der Waals surface area contributed by atoms with Gasteiger partial charge in [-0.25, -0.2) is 0 Å². The molecule has 2 aromatic rings. The lowest BCUT2D eigenvalue weighted by molar-refractivity contribution is 0.685. The van der Waals surface area contributed by atoms with Crippen LogP contribution >= 0.6 is 15.9 Å². The van der Waals surface area contributed by atoms with E-state index in [0.717, 1.165) is 40.0 Å². The van der Waals surface area contributed by atoms with E-state index < -0.39 is 0 Å². The van der Waals surface area contributed by atoms with Crippen LogP contribution < -0.4 is 5.73 Å². The Morgan fingerprint density at radius 1 is 1.21 bits per heavy atom. The number of nitrogens with zero attached hydrogens (tertiary/aromatic N) is 2. The molecule has 0 saturated heterocycles. The maximum Gasteiger partial charge on any atom is 0.129 e. The summed E-state index contributed by atoms with van der Waals surface area (Å²) in [7, 11) is 1.90. The van der Waals surface area contributed by atoms with Crippen molar-refractivity contribution in [1.82, 2.24) is 9.78 Å². The summed E-state index contributed by atoms with van der Waals surface area (Å²) in [6, 6.07) is 8.25. The molecule has 0 unspecified atom stereocenters. The van der Waals surface area contributed by atoms with Crippen LogP contribution in [0.5, 0.6) is 0 Å². The van der Waals surface area contributed by atoms with Gasteiger partial charge in [-0.1, -0.05) is 47.8 Å². The molecule has 0 radical (unpaired) electrons. The molecule has 1 heterocycles. The number of hydrogen-bond donors (Lipinski definition) is 1. The van der Waals surface area contributed by atoms with E-state index in [-0.39, 0.29) is 0 Å². The molecule has 0 aliphatic rings. The molecule has 4 heteroatoms. The Morgan fingerprint density at radius 3 is 2.53 bits per heavy atom. The standard InChI is InChI=1S/C15H20BrN3/c1-3-4-5-6-13-14(15(17)19(2)18-13)11-7-9-12(16)10-8-11/h7-10H,3-6,17H2,1-2H3. The monoisotopic (exact) mass is 321 g/mol. The molecule has 2 rings (SSSR count). The molecule has 0 aliphatic carbocycles. The smallest absolute Gasteiger partial charge is 0.129 e. The first-order chi connectivity index (χ1) is 9.13. The summed E-state index contributed by atoms with van der Waals surface area (Å²) < 4.78 is 2.85. The minimum Gasteiger partial charge on any atom is -0.383 e. The normalized spacial score (nSPS) is 10.9. The maximum atomic E-state index is 6.17. The molecule has 1 aromatic heterocycles. The zero-order valence-corrected chi connectivity index (χ0v) is 13.1. The van der Waals surface area contributed by atoms with E-state index in [9.17, 15) is 0 Å². The molecule has 102 valence electrons. The van der Waals surface area contributed by atoms with E-state index in [1.54, 1.807) is 4.68 Å². The molecule has 0 spiro atoms. The third kappa shape index (κ3) is 3.18. The van der Waals surface area contributed by atoms with Crippen LogP contribution in [0.3, 0.4) is 0 Å². The highest BCUT2D eigenvalue weighted by molar-refractivity contribution is 9.10. The van der Waals surface area contributed by atoms with Gasteiger partial charge in [0, 0.05) is 17.1 Å². The Kier molecular flexibility index (Phi) is 4.64. The third-order valence-corrected chi connectivity index (χ3v) is 3.84. The fourth-order valence-corrected chi connectivity index (χ4v) is 2.51. The summed E-state index contributed by atoms with van der Waals surface area (Å²) in [5.41, 5.74) is 9.50. The zero-order valence-electron chi connectivity index (χ0n) is 11.5. The van der Waals surface area contributed by atoms with Gasteiger partial charge in [0.2, 0.25) is 0 Å². The van der Waals surface area contributed by atoms with Crippen LogP contribution in [0.2, 0.25) is 0 Å². The van der Waals surface area contributed by atoms with Gasteiger partial charge in [-0.3, -0.25) is 4.68 Å². The molecular weight excluding hydrogens is 302 g/mol. The molecule has 2 N–H and O–H groups in total. The van der Waals surface area contributed by atoms with Gasteiger partial charge in [0.15, 0.2) is 0 Å². The number of benzene rings is 1. The van der Waals surface area contributed by atoms with Crippen LogP contribution in [0.1, 0.15) is 31.9 Å². The molecule has 0 fully saturated rings. The summed E-state index contributed by atoms with van der Waals surface area (Å²) in [5, 5.41) is 4.56. The summed E-state index contributed by atoms with van der Waals surface area (Å²) >= 11 is 3.46. The van der Waals surface area contributed by atoms with Crippen LogP contribution in [-0.2, 0) is 13.5 Å². The molecule has 1 aromatic carbocycles. The number of hydrogen-bond acceptors (Lipinski definition) is 2.